The minimum Gasteiger partial charge on any atom is -0.371 e. The zero-order valence-corrected chi connectivity index (χ0v) is 30.5. The molecule has 5 aromatic rings. The van der Waals surface area contributed by atoms with Gasteiger partial charge in [-0.1, -0.05) is 97.8 Å². The number of amides is 1. The number of benzene rings is 4. The number of halogens is 2. The van der Waals surface area contributed by atoms with Crippen molar-refractivity contribution in [2.24, 2.45) is 11.8 Å². The van der Waals surface area contributed by atoms with Crippen molar-refractivity contribution in [3.63, 3.8) is 0 Å². The van der Waals surface area contributed by atoms with Crippen LogP contribution in [0.1, 0.15) is 49.9 Å². The highest BCUT2D eigenvalue weighted by molar-refractivity contribution is 7.92. The van der Waals surface area contributed by atoms with Crippen LogP contribution in [0.5, 0.6) is 0 Å². The van der Waals surface area contributed by atoms with Gasteiger partial charge in [0.25, 0.3) is 5.91 Å². The third kappa shape index (κ3) is 7.12. The van der Waals surface area contributed by atoms with Gasteiger partial charge >= 0.3 is 10.2 Å². The van der Waals surface area contributed by atoms with E-state index in [1.54, 1.807) is 30.3 Å². The van der Waals surface area contributed by atoms with Crippen molar-refractivity contribution in [1.82, 2.24) is 14.3 Å². The molecule has 1 aromatic heterocycles. The number of anilines is 2. The predicted octanol–water partition coefficient (Wildman–Crippen LogP) is 8.69. The van der Waals surface area contributed by atoms with Gasteiger partial charge in [0.1, 0.15) is 12.4 Å². The summed E-state index contributed by atoms with van der Waals surface area (Å²) < 4.78 is 30.2. The van der Waals surface area contributed by atoms with Gasteiger partial charge in [0.15, 0.2) is 0 Å². The van der Waals surface area contributed by atoms with Gasteiger partial charge in [-0.2, -0.15) is 8.42 Å². The first-order valence-corrected chi connectivity index (χ1v) is 19.8. The molecule has 3 heterocycles. The van der Waals surface area contributed by atoms with Crippen LogP contribution in [0.25, 0.3) is 28.1 Å². The Hall–Kier alpha value is -4.31. The summed E-state index contributed by atoms with van der Waals surface area (Å²) >= 11 is 12.8. The molecule has 0 spiro atoms. The molecule has 0 unspecified atom stereocenters. The van der Waals surface area contributed by atoms with Crippen LogP contribution in [0.2, 0.25) is 10.0 Å². The molecule has 2 saturated heterocycles. The number of carbonyl (C=O) groups excluding carboxylic acids is 1. The van der Waals surface area contributed by atoms with Crippen molar-refractivity contribution in [3.05, 3.63) is 119 Å². The Morgan fingerprint density at radius 1 is 0.784 bits per heavy atom. The molecule has 1 amide bonds. The summed E-state index contributed by atoms with van der Waals surface area (Å²) in [6, 6.07) is 29.9. The summed E-state index contributed by atoms with van der Waals surface area (Å²) in [5.74, 6) is 1.91. The molecule has 8 rings (SSSR count). The van der Waals surface area contributed by atoms with E-state index >= 15 is 0 Å². The van der Waals surface area contributed by atoms with Crippen LogP contribution in [0.4, 0.5) is 11.4 Å². The second-order valence-electron chi connectivity index (χ2n) is 13.9. The molecule has 1 saturated carbocycles. The maximum absolute atomic E-state index is 12.6. The summed E-state index contributed by atoms with van der Waals surface area (Å²) in [4.78, 5) is 19.5. The number of aromatic nitrogens is 2. The number of imidazole rings is 1. The van der Waals surface area contributed by atoms with E-state index in [2.05, 4.69) is 53.4 Å². The van der Waals surface area contributed by atoms with E-state index in [9.17, 15) is 13.2 Å². The first kappa shape index (κ1) is 33.8. The average molecular weight is 741 g/mol. The van der Waals surface area contributed by atoms with Crippen molar-refractivity contribution in [2.45, 2.75) is 44.9 Å². The third-order valence-electron chi connectivity index (χ3n) is 10.6. The monoisotopic (exact) mass is 739 g/mol. The molecule has 3 fully saturated rings. The first-order chi connectivity index (χ1) is 24.7. The summed E-state index contributed by atoms with van der Waals surface area (Å²) in [6.45, 7) is 2.05. The maximum Gasteiger partial charge on any atom is 0.326 e. The second kappa shape index (κ2) is 14.0. The molecule has 1 N–H and O–H groups in total. The van der Waals surface area contributed by atoms with E-state index in [-0.39, 0.29) is 6.54 Å². The van der Waals surface area contributed by atoms with E-state index in [1.807, 2.05) is 27.6 Å². The zero-order chi connectivity index (χ0) is 35.1. The molecule has 262 valence electrons. The fourth-order valence-electron chi connectivity index (χ4n) is 7.94. The van der Waals surface area contributed by atoms with Crippen molar-refractivity contribution in [2.75, 3.05) is 28.8 Å². The first-order valence-electron chi connectivity index (χ1n) is 17.6. The van der Waals surface area contributed by atoms with E-state index in [0.717, 1.165) is 45.2 Å². The fourth-order valence-corrected chi connectivity index (χ4v) is 9.59. The van der Waals surface area contributed by atoms with Crippen LogP contribution >= 0.6 is 23.2 Å². The van der Waals surface area contributed by atoms with Crippen molar-refractivity contribution >= 4 is 50.7 Å². The quantitative estimate of drug-likeness (QED) is 0.172. The number of hydrogen-bond donors (Lipinski definition) is 1. The number of rotatable bonds is 8. The SMILES string of the molecule is O=C1CN(c2cccc(-n3cc(-c4ccc(Cl)cc4Cl)nc3Cc3ccc(-c4ccc(N5CC[C@@H](C6CCCCC6)C5)cc4)cc3)c2)S(=O)(=O)N1. The molecule has 2 aliphatic heterocycles. The van der Waals surface area contributed by atoms with Crippen LogP contribution in [-0.4, -0.2) is 43.5 Å². The lowest BCUT2D eigenvalue weighted by atomic mass is 9.80. The highest BCUT2D eigenvalue weighted by Gasteiger charge is 2.34. The van der Waals surface area contributed by atoms with Gasteiger partial charge < -0.3 is 9.47 Å². The van der Waals surface area contributed by atoms with Gasteiger partial charge in [-0.3, -0.25) is 4.79 Å². The molecule has 1 aliphatic carbocycles. The van der Waals surface area contributed by atoms with Crippen LogP contribution in [-0.2, 0) is 21.4 Å². The van der Waals surface area contributed by atoms with Crippen LogP contribution in [0, 0.1) is 11.8 Å². The number of hydrogen-bond acceptors (Lipinski definition) is 5. The number of carbonyl (C=O) groups is 1. The third-order valence-corrected chi connectivity index (χ3v) is 12.6. The van der Waals surface area contributed by atoms with Gasteiger partial charge in [-0.15, -0.1) is 0 Å². The summed E-state index contributed by atoms with van der Waals surface area (Å²) in [7, 11) is -3.96. The van der Waals surface area contributed by atoms with Gasteiger partial charge in [-0.05, 0) is 83.5 Å². The lowest BCUT2D eigenvalue weighted by Crippen LogP contribution is -2.29. The predicted molar refractivity (Wildman–Crippen MR) is 205 cm³/mol. The highest BCUT2D eigenvalue weighted by atomic mass is 35.5. The molecule has 8 nitrogen and oxygen atoms in total. The molecule has 51 heavy (non-hydrogen) atoms. The van der Waals surface area contributed by atoms with Gasteiger partial charge in [0.05, 0.1) is 16.4 Å². The van der Waals surface area contributed by atoms with Crippen LogP contribution in [0.3, 0.4) is 0 Å². The Kier molecular flexibility index (Phi) is 9.29. The molecule has 1 atom stereocenters. The fraction of sp³-hybridized carbons (Fsp3) is 0.300. The normalized spacial score (nSPS) is 19.1. The lowest BCUT2D eigenvalue weighted by Gasteiger charge is -2.28. The molecule has 4 aromatic carbocycles. The lowest BCUT2D eigenvalue weighted by molar-refractivity contribution is -0.117. The highest BCUT2D eigenvalue weighted by Crippen LogP contribution is 2.37. The molecule has 0 bridgehead atoms. The second-order valence-corrected chi connectivity index (χ2v) is 16.3. The Morgan fingerprint density at radius 3 is 2.22 bits per heavy atom. The maximum atomic E-state index is 12.6. The Labute approximate surface area is 309 Å². The largest absolute Gasteiger partial charge is 0.371 e. The van der Waals surface area contributed by atoms with Crippen LogP contribution < -0.4 is 13.9 Å². The molecular weight excluding hydrogens is 701 g/mol. The molecular formula is C40H39Cl2N5O3S. The summed E-state index contributed by atoms with van der Waals surface area (Å²) in [5, 5.41) is 1.00. The van der Waals surface area contributed by atoms with Gasteiger partial charge in [-0.25, -0.2) is 14.0 Å². The topological polar surface area (TPSA) is 87.5 Å². The Bertz CT molecular complexity index is 2180. The Morgan fingerprint density at radius 2 is 1.51 bits per heavy atom. The minimum atomic E-state index is -3.96. The van der Waals surface area contributed by atoms with Crippen molar-refractivity contribution < 1.29 is 13.2 Å². The smallest absolute Gasteiger partial charge is 0.326 e. The van der Waals surface area contributed by atoms with Gasteiger partial charge in [0.2, 0.25) is 0 Å². The molecule has 11 heteroatoms. The van der Waals surface area contributed by atoms with Crippen LogP contribution in [0.15, 0.2) is 97.2 Å². The standard InChI is InChI=1S/C40H39Cl2N5O3S/c41-32-15-18-36(37(42)22-32)38-25-46(34-7-4-8-35(23-34)47-26-40(48)44-51(47,49)50)39(43-38)21-27-9-11-29(12-10-27)30-13-16-33(17-14-30)45-20-19-31(24-45)28-5-2-1-3-6-28/h4,7-18,22-23,25,28,31H,1-3,5-6,19-21,24,26H2,(H,44,48)/t31-/m1/s1. The van der Waals surface area contributed by atoms with E-state index in [1.165, 1.54) is 56.3 Å². The molecule has 0 radical (unpaired) electrons. The Balaban J connectivity index is 1.04. The molecule has 3 aliphatic rings. The van der Waals surface area contributed by atoms with E-state index in [0.29, 0.717) is 33.5 Å². The summed E-state index contributed by atoms with van der Waals surface area (Å²) in [6.07, 6.45) is 10.7. The zero-order valence-electron chi connectivity index (χ0n) is 28.1. The van der Waals surface area contributed by atoms with Crippen molar-refractivity contribution in [1.29, 1.82) is 0 Å². The average Bonchev–Trinajstić information content (AvgIpc) is 3.86. The van der Waals surface area contributed by atoms with E-state index < -0.39 is 16.1 Å². The van der Waals surface area contributed by atoms with Gasteiger partial charge in [0, 0.05) is 47.7 Å². The van der Waals surface area contributed by atoms with Crippen molar-refractivity contribution in [3.8, 4) is 28.1 Å². The van der Waals surface area contributed by atoms with E-state index in [4.69, 9.17) is 28.2 Å². The number of nitrogens with zero attached hydrogens (tertiary/aromatic N) is 4. The summed E-state index contributed by atoms with van der Waals surface area (Å²) in [5.41, 5.74) is 7.15. The number of nitrogens with one attached hydrogen (secondary N) is 1. The minimum absolute atomic E-state index is 0.275.